The SMILES string of the molecule is O=c1c2ccccc2cnn1C[C@H](O)Cn1c2ccccc2c2ccccc21. The summed E-state index contributed by atoms with van der Waals surface area (Å²) in [6, 6.07) is 23.7. The van der Waals surface area contributed by atoms with Gasteiger partial charge in [-0.3, -0.25) is 4.79 Å². The molecule has 0 radical (unpaired) electrons. The monoisotopic (exact) mass is 369 g/mol. The van der Waals surface area contributed by atoms with Crippen molar-refractivity contribution in [2.45, 2.75) is 19.2 Å². The van der Waals surface area contributed by atoms with Gasteiger partial charge in [-0.1, -0.05) is 54.6 Å². The quantitative estimate of drug-likeness (QED) is 0.527. The first-order chi connectivity index (χ1) is 13.7. The molecule has 5 heteroatoms. The molecule has 138 valence electrons. The van der Waals surface area contributed by atoms with E-state index in [0.717, 1.165) is 27.2 Å². The maximum absolute atomic E-state index is 12.7. The minimum Gasteiger partial charge on any atom is -0.389 e. The highest BCUT2D eigenvalue weighted by Gasteiger charge is 2.15. The average molecular weight is 369 g/mol. The van der Waals surface area contributed by atoms with Crippen LogP contribution >= 0.6 is 0 Å². The van der Waals surface area contributed by atoms with Crippen molar-refractivity contribution in [2.75, 3.05) is 0 Å². The van der Waals surface area contributed by atoms with Gasteiger partial charge >= 0.3 is 0 Å². The smallest absolute Gasteiger partial charge is 0.274 e. The molecule has 5 rings (SSSR count). The molecular formula is C23H19N3O2. The number of aromatic nitrogens is 3. The lowest BCUT2D eigenvalue weighted by molar-refractivity contribution is 0.131. The summed E-state index contributed by atoms with van der Waals surface area (Å²) in [5, 5.41) is 18.7. The van der Waals surface area contributed by atoms with Crippen LogP contribution in [0.1, 0.15) is 0 Å². The molecule has 1 N–H and O–H groups in total. The number of hydrogen-bond donors (Lipinski definition) is 1. The van der Waals surface area contributed by atoms with Gasteiger partial charge in [0.15, 0.2) is 0 Å². The van der Waals surface area contributed by atoms with E-state index < -0.39 is 6.10 Å². The molecule has 5 aromatic rings. The van der Waals surface area contributed by atoms with E-state index in [9.17, 15) is 9.90 Å². The number of rotatable bonds is 4. The van der Waals surface area contributed by atoms with Gasteiger partial charge in [0.1, 0.15) is 0 Å². The maximum Gasteiger partial charge on any atom is 0.274 e. The predicted octanol–water partition coefficient (Wildman–Crippen LogP) is 3.57. The van der Waals surface area contributed by atoms with Gasteiger partial charge in [-0.25, -0.2) is 4.68 Å². The van der Waals surface area contributed by atoms with Crippen molar-refractivity contribution in [2.24, 2.45) is 0 Å². The van der Waals surface area contributed by atoms with Gasteiger partial charge in [0.05, 0.1) is 30.8 Å². The second-order valence-electron chi connectivity index (χ2n) is 7.02. The molecule has 0 amide bonds. The number of aliphatic hydroxyl groups is 1. The van der Waals surface area contributed by atoms with Crippen LogP contribution in [0.3, 0.4) is 0 Å². The molecule has 1 atom stereocenters. The molecule has 0 bridgehead atoms. The Labute approximate surface area is 161 Å². The first-order valence-corrected chi connectivity index (χ1v) is 9.31. The number of nitrogens with zero attached hydrogens (tertiary/aromatic N) is 3. The van der Waals surface area contributed by atoms with Crippen LogP contribution in [-0.2, 0) is 13.1 Å². The third-order valence-corrected chi connectivity index (χ3v) is 5.22. The molecule has 0 saturated carbocycles. The molecule has 0 aliphatic carbocycles. The zero-order valence-corrected chi connectivity index (χ0v) is 15.2. The summed E-state index contributed by atoms with van der Waals surface area (Å²) >= 11 is 0. The lowest BCUT2D eigenvalue weighted by Crippen LogP contribution is -2.31. The minimum absolute atomic E-state index is 0.143. The Morgan fingerprint density at radius 1 is 0.786 bits per heavy atom. The van der Waals surface area contributed by atoms with Crippen LogP contribution in [0.4, 0.5) is 0 Å². The van der Waals surface area contributed by atoms with Gasteiger partial charge in [0.25, 0.3) is 5.56 Å². The van der Waals surface area contributed by atoms with Gasteiger partial charge in [-0.15, -0.1) is 0 Å². The topological polar surface area (TPSA) is 60.1 Å². The third kappa shape index (κ3) is 2.68. The molecule has 0 saturated heterocycles. The summed E-state index contributed by atoms with van der Waals surface area (Å²) in [5.41, 5.74) is 1.96. The summed E-state index contributed by atoms with van der Waals surface area (Å²) in [5.74, 6) is 0. The van der Waals surface area contributed by atoms with E-state index in [2.05, 4.69) is 33.9 Å². The van der Waals surface area contributed by atoms with Crippen molar-refractivity contribution < 1.29 is 5.11 Å². The molecule has 5 nitrogen and oxygen atoms in total. The second kappa shape index (κ2) is 6.62. The fourth-order valence-electron chi connectivity index (χ4n) is 3.93. The number of hydrogen-bond acceptors (Lipinski definition) is 3. The number of benzene rings is 3. The Morgan fingerprint density at radius 2 is 1.36 bits per heavy atom. The summed E-state index contributed by atoms with van der Waals surface area (Å²) in [6.07, 6.45) is 0.926. The van der Waals surface area contributed by atoms with E-state index in [-0.39, 0.29) is 12.1 Å². The number of para-hydroxylation sites is 2. The Balaban J connectivity index is 1.52. The zero-order valence-electron chi connectivity index (χ0n) is 15.2. The Morgan fingerprint density at radius 3 is 2.04 bits per heavy atom. The van der Waals surface area contributed by atoms with Crippen molar-refractivity contribution in [3.63, 3.8) is 0 Å². The summed E-state index contributed by atoms with van der Waals surface area (Å²) in [4.78, 5) is 12.7. The Kier molecular flexibility index (Phi) is 3.95. The molecule has 0 aliphatic rings. The van der Waals surface area contributed by atoms with Crippen molar-refractivity contribution in [1.82, 2.24) is 14.3 Å². The van der Waals surface area contributed by atoms with Gasteiger partial charge in [0.2, 0.25) is 0 Å². The maximum atomic E-state index is 12.7. The predicted molar refractivity (Wildman–Crippen MR) is 111 cm³/mol. The van der Waals surface area contributed by atoms with Crippen molar-refractivity contribution in [1.29, 1.82) is 0 Å². The lowest BCUT2D eigenvalue weighted by Gasteiger charge is -2.15. The minimum atomic E-state index is -0.745. The summed E-state index contributed by atoms with van der Waals surface area (Å²) < 4.78 is 3.46. The third-order valence-electron chi connectivity index (χ3n) is 5.22. The van der Waals surface area contributed by atoms with E-state index in [1.54, 1.807) is 12.3 Å². The molecule has 0 fully saturated rings. The van der Waals surface area contributed by atoms with Crippen molar-refractivity contribution >= 4 is 32.6 Å². The first kappa shape index (κ1) is 16.7. The number of aliphatic hydroxyl groups excluding tert-OH is 1. The zero-order chi connectivity index (χ0) is 19.1. The molecule has 2 heterocycles. The van der Waals surface area contributed by atoms with Crippen LogP contribution < -0.4 is 5.56 Å². The molecule has 3 aromatic carbocycles. The fourth-order valence-corrected chi connectivity index (χ4v) is 3.93. The van der Waals surface area contributed by atoms with Gasteiger partial charge < -0.3 is 9.67 Å². The molecular weight excluding hydrogens is 350 g/mol. The van der Waals surface area contributed by atoms with Gasteiger partial charge in [0, 0.05) is 27.2 Å². The standard InChI is InChI=1S/C23H19N3O2/c27-17(15-26-23(28)18-8-2-1-7-16(18)13-24-26)14-25-21-11-5-3-9-19(21)20-10-4-6-12-22(20)25/h1-13,17,27H,14-15H2/t17-/m1/s1. The molecule has 2 aromatic heterocycles. The average Bonchev–Trinajstić information content (AvgIpc) is 3.04. The van der Waals surface area contributed by atoms with Gasteiger partial charge in [-0.05, 0) is 18.2 Å². The lowest BCUT2D eigenvalue weighted by atomic mass is 10.2. The van der Waals surface area contributed by atoms with Crippen LogP contribution in [0.25, 0.3) is 32.6 Å². The highest BCUT2D eigenvalue weighted by molar-refractivity contribution is 6.07. The van der Waals surface area contributed by atoms with E-state index in [4.69, 9.17) is 0 Å². The molecule has 0 aliphatic heterocycles. The van der Waals surface area contributed by atoms with E-state index in [0.29, 0.717) is 11.9 Å². The van der Waals surface area contributed by atoms with Crippen LogP contribution in [-0.4, -0.2) is 25.6 Å². The van der Waals surface area contributed by atoms with Crippen molar-refractivity contribution in [3.8, 4) is 0 Å². The van der Waals surface area contributed by atoms with Crippen LogP contribution in [0.2, 0.25) is 0 Å². The highest BCUT2D eigenvalue weighted by atomic mass is 16.3. The van der Waals surface area contributed by atoms with Crippen LogP contribution in [0.15, 0.2) is 83.8 Å². The second-order valence-corrected chi connectivity index (χ2v) is 7.02. The highest BCUT2D eigenvalue weighted by Crippen LogP contribution is 2.28. The van der Waals surface area contributed by atoms with E-state index in [1.165, 1.54) is 4.68 Å². The normalized spacial score (nSPS) is 12.8. The van der Waals surface area contributed by atoms with E-state index >= 15 is 0 Å². The molecule has 0 unspecified atom stereocenters. The van der Waals surface area contributed by atoms with E-state index in [1.807, 2.05) is 42.5 Å². The summed E-state index contributed by atoms with van der Waals surface area (Å²) in [7, 11) is 0. The van der Waals surface area contributed by atoms with Crippen molar-refractivity contribution in [3.05, 3.63) is 89.3 Å². The largest absolute Gasteiger partial charge is 0.389 e. The first-order valence-electron chi connectivity index (χ1n) is 9.31. The van der Waals surface area contributed by atoms with Gasteiger partial charge in [-0.2, -0.15) is 5.10 Å². The Hall–Kier alpha value is -3.44. The number of fused-ring (bicyclic) bond motifs is 4. The summed E-state index contributed by atoms with van der Waals surface area (Å²) in [6.45, 7) is 0.527. The molecule has 0 spiro atoms. The van der Waals surface area contributed by atoms with Crippen LogP contribution in [0.5, 0.6) is 0 Å². The fraction of sp³-hybridized carbons (Fsp3) is 0.130. The van der Waals surface area contributed by atoms with Crippen LogP contribution in [0, 0.1) is 0 Å². The Bertz CT molecular complexity index is 1310. The molecule has 28 heavy (non-hydrogen) atoms.